The third-order valence-corrected chi connectivity index (χ3v) is 4.46. The van der Waals surface area contributed by atoms with E-state index in [2.05, 4.69) is 15.4 Å². The van der Waals surface area contributed by atoms with Gasteiger partial charge in [-0.15, -0.1) is 11.3 Å². The number of fused-ring (bicyclic) bond motifs is 3. The lowest BCUT2D eigenvalue weighted by Gasteiger charge is -2.11. The Kier molecular flexibility index (Phi) is 3.15. The number of hydrogen-bond donors (Lipinski definition) is 2. The molecule has 0 spiro atoms. The van der Waals surface area contributed by atoms with Crippen molar-refractivity contribution in [2.24, 2.45) is 5.84 Å². The van der Waals surface area contributed by atoms with Crippen LogP contribution in [0.1, 0.15) is 29.1 Å². The molecule has 0 unspecified atom stereocenters. The molecule has 2 heterocycles. The summed E-state index contributed by atoms with van der Waals surface area (Å²) in [6.07, 6.45) is 4.77. The third kappa shape index (κ3) is 1.86. The van der Waals surface area contributed by atoms with E-state index < -0.39 is 0 Å². The molecule has 0 saturated heterocycles. The van der Waals surface area contributed by atoms with Crippen LogP contribution >= 0.6 is 11.3 Å². The van der Waals surface area contributed by atoms with Crippen LogP contribution in [0.4, 0.5) is 5.82 Å². The first-order chi connectivity index (χ1) is 8.83. The van der Waals surface area contributed by atoms with Gasteiger partial charge in [-0.1, -0.05) is 0 Å². The molecule has 18 heavy (non-hydrogen) atoms. The maximum absolute atomic E-state index is 5.60. The SMILES string of the molecule is COCc1nc(NN)c2c3c(sc2n1)CCCC3. The lowest BCUT2D eigenvalue weighted by atomic mass is 9.97. The van der Waals surface area contributed by atoms with E-state index in [-0.39, 0.29) is 0 Å². The Morgan fingerprint density at radius 3 is 2.94 bits per heavy atom. The molecule has 6 heteroatoms. The van der Waals surface area contributed by atoms with Crippen molar-refractivity contribution >= 4 is 27.4 Å². The summed E-state index contributed by atoms with van der Waals surface area (Å²) in [4.78, 5) is 11.5. The fraction of sp³-hybridized carbons (Fsp3) is 0.500. The van der Waals surface area contributed by atoms with Crippen molar-refractivity contribution in [3.05, 3.63) is 16.3 Å². The van der Waals surface area contributed by atoms with Crippen LogP contribution in [0.25, 0.3) is 10.2 Å². The van der Waals surface area contributed by atoms with Crippen LogP contribution in [0, 0.1) is 0 Å². The van der Waals surface area contributed by atoms with E-state index in [4.69, 9.17) is 10.6 Å². The third-order valence-electron chi connectivity index (χ3n) is 3.27. The van der Waals surface area contributed by atoms with Crippen LogP contribution in [-0.4, -0.2) is 17.1 Å². The van der Waals surface area contributed by atoms with Gasteiger partial charge in [0.2, 0.25) is 0 Å². The zero-order valence-electron chi connectivity index (χ0n) is 10.3. The van der Waals surface area contributed by atoms with Gasteiger partial charge in [-0.3, -0.25) is 0 Å². The normalized spacial score (nSPS) is 14.8. The topological polar surface area (TPSA) is 73.1 Å². The monoisotopic (exact) mass is 264 g/mol. The van der Waals surface area contributed by atoms with Crippen LogP contribution in [0.5, 0.6) is 0 Å². The second kappa shape index (κ2) is 4.79. The first-order valence-electron chi connectivity index (χ1n) is 6.10. The number of aryl methyl sites for hydroxylation is 2. The Morgan fingerprint density at radius 2 is 2.17 bits per heavy atom. The predicted octanol–water partition coefficient (Wildman–Crippen LogP) is 2.00. The summed E-state index contributed by atoms with van der Waals surface area (Å²) in [6, 6.07) is 0. The molecule has 0 aliphatic heterocycles. The molecule has 0 fully saturated rings. The average molecular weight is 264 g/mol. The Labute approximate surface area is 109 Å². The number of nitrogens with zero attached hydrogens (tertiary/aromatic N) is 2. The van der Waals surface area contributed by atoms with E-state index in [1.54, 1.807) is 18.4 Å². The number of thiophene rings is 1. The smallest absolute Gasteiger partial charge is 0.158 e. The first kappa shape index (κ1) is 11.8. The molecular weight excluding hydrogens is 248 g/mol. The summed E-state index contributed by atoms with van der Waals surface area (Å²) >= 11 is 1.77. The van der Waals surface area contributed by atoms with E-state index in [0.29, 0.717) is 12.4 Å². The quantitative estimate of drug-likeness (QED) is 0.655. The highest BCUT2D eigenvalue weighted by molar-refractivity contribution is 7.19. The lowest BCUT2D eigenvalue weighted by Crippen LogP contribution is -2.12. The molecule has 0 saturated carbocycles. The fourth-order valence-corrected chi connectivity index (χ4v) is 3.78. The zero-order chi connectivity index (χ0) is 12.5. The van der Waals surface area contributed by atoms with Gasteiger partial charge in [0.15, 0.2) is 11.6 Å². The number of methoxy groups -OCH3 is 1. The van der Waals surface area contributed by atoms with Crippen LogP contribution < -0.4 is 11.3 Å². The van der Waals surface area contributed by atoms with Gasteiger partial charge < -0.3 is 10.2 Å². The summed E-state index contributed by atoms with van der Waals surface area (Å²) in [7, 11) is 1.64. The largest absolute Gasteiger partial charge is 0.377 e. The molecule has 0 amide bonds. The molecule has 1 aliphatic rings. The minimum atomic E-state index is 0.410. The molecule has 0 radical (unpaired) electrons. The number of nitrogen functional groups attached to an aromatic ring is 1. The summed E-state index contributed by atoms with van der Waals surface area (Å²) in [5.41, 5.74) is 4.09. The second-order valence-electron chi connectivity index (χ2n) is 4.46. The van der Waals surface area contributed by atoms with Crippen LogP contribution in [0.15, 0.2) is 0 Å². The fourth-order valence-electron chi connectivity index (χ4n) is 2.50. The minimum absolute atomic E-state index is 0.410. The van der Waals surface area contributed by atoms with Crippen LogP contribution in [0.3, 0.4) is 0 Å². The molecule has 2 aromatic heterocycles. The van der Waals surface area contributed by atoms with Crippen molar-refractivity contribution < 1.29 is 4.74 Å². The number of ether oxygens (including phenoxy) is 1. The molecule has 96 valence electrons. The van der Waals surface area contributed by atoms with Crippen molar-refractivity contribution in [2.45, 2.75) is 32.3 Å². The summed E-state index contributed by atoms with van der Waals surface area (Å²) in [6.45, 7) is 0.410. The van der Waals surface area contributed by atoms with Gasteiger partial charge in [0.05, 0.1) is 5.39 Å². The standard InChI is InChI=1S/C12H16N4OS/c1-17-6-9-14-11(16-13)10-7-4-2-3-5-8(7)18-12(10)15-9/h2-6,13H2,1H3,(H,14,15,16). The Morgan fingerprint density at radius 1 is 1.33 bits per heavy atom. The van der Waals surface area contributed by atoms with E-state index in [1.807, 2.05) is 0 Å². The molecule has 2 aromatic rings. The average Bonchev–Trinajstić information content (AvgIpc) is 2.76. The van der Waals surface area contributed by atoms with Crippen molar-refractivity contribution in [2.75, 3.05) is 12.5 Å². The molecule has 0 atom stereocenters. The van der Waals surface area contributed by atoms with Gasteiger partial charge in [0.25, 0.3) is 0 Å². The minimum Gasteiger partial charge on any atom is -0.377 e. The van der Waals surface area contributed by atoms with Gasteiger partial charge in [-0.2, -0.15) is 0 Å². The van der Waals surface area contributed by atoms with E-state index in [9.17, 15) is 0 Å². The first-order valence-corrected chi connectivity index (χ1v) is 6.92. The molecule has 3 rings (SSSR count). The van der Waals surface area contributed by atoms with E-state index in [1.165, 1.54) is 23.3 Å². The summed E-state index contributed by atoms with van der Waals surface area (Å²) in [5.74, 6) is 7.00. The molecule has 5 nitrogen and oxygen atoms in total. The molecule has 0 bridgehead atoms. The van der Waals surface area contributed by atoms with Crippen LogP contribution in [-0.2, 0) is 24.2 Å². The number of anilines is 1. The van der Waals surface area contributed by atoms with Crippen molar-refractivity contribution in [1.82, 2.24) is 9.97 Å². The number of rotatable bonds is 3. The highest BCUT2D eigenvalue weighted by Crippen LogP contribution is 2.38. The van der Waals surface area contributed by atoms with Crippen molar-refractivity contribution in [3.8, 4) is 0 Å². The maximum Gasteiger partial charge on any atom is 0.158 e. The van der Waals surface area contributed by atoms with Crippen molar-refractivity contribution in [1.29, 1.82) is 0 Å². The zero-order valence-corrected chi connectivity index (χ0v) is 11.1. The lowest BCUT2D eigenvalue weighted by molar-refractivity contribution is 0.178. The Hall–Kier alpha value is -1.24. The van der Waals surface area contributed by atoms with Gasteiger partial charge in [0.1, 0.15) is 11.4 Å². The maximum atomic E-state index is 5.60. The number of hydrazine groups is 1. The summed E-state index contributed by atoms with van der Waals surface area (Å²) < 4.78 is 5.09. The molecule has 0 aromatic carbocycles. The van der Waals surface area contributed by atoms with E-state index >= 15 is 0 Å². The van der Waals surface area contributed by atoms with Crippen LogP contribution in [0.2, 0.25) is 0 Å². The number of nitrogens with one attached hydrogen (secondary N) is 1. The molecular formula is C12H16N4OS. The second-order valence-corrected chi connectivity index (χ2v) is 5.54. The number of hydrogen-bond acceptors (Lipinski definition) is 6. The predicted molar refractivity (Wildman–Crippen MR) is 72.6 cm³/mol. The Bertz CT molecular complexity index is 581. The highest BCUT2D eigenvalue weighted by Gasteiger charge is 2.20. The Balaban J connectivity index is 2.21. The molecule has 1 aliphatic carbocycles. The molecule has 3 N–H and O–H groups in total. The van der Waals surface area contributed by atoms with Crippen molar-refractivity contribution in [3.63, 3.8) is 0 Å². The summed E-state index contributed by atoms with van der Waals surface area (Å²) in [5, 5.41) is 1.11. The van der Waals surface area contributed by atoms with E-state index in [0.717, 1.165) is 28.9 Å². The van der Waals surface area contributed by atoms with Gasteiger partial charge in [-0.05, 0) is 31.2 Å². The number of aromatic nitrogens is 2. The number of nitrogens with two attached hydrogens (primary N) is 1. The van der Waals surface area contributed by atoms with Gasteiger partial charge >= 0.3 is 0 Å². The van der Waals surface area contributed by atoms with Gasteiger partial charge in [0, 0.05) is 12.0 Å². The van der Waals surface area contributed by atoms with Gasteiger partial charge in [-0.25, -0.2) is 15.8 Å². The highest BCUT2D eigenvalue weighted by atomic mass is 32.1.